The van der Waals surface area contributed by atoms with Gasteiger partial charge in [-0.05, 0) is 24.6 Å². The minimum absolute atomic E-state index is 0.266. The van der Waals surface area contributed by atoms with E-state index >= 15 is 0 Å². The predicted molar refractivity (Wildman–Crippen MR) is 63.0 cm³/mol. The summed E-state index contributed by atoms with van der Waals surface area (Å²) in [6.45, 7) is 2.33. The van der Waals surface area contributed by atoms with Crippen molar-refractivity contribution in [3.8, 4) is 0 Å². The van der Waals surface area contributed by atoms with E-state index in [1.165, 1.54) is 0 Å². The van der Waals surface area contributed by atoms with Gasteiger partial charge < -0.3 is 4.90 Å². The highest BCUT2D eigenvalue weighted by molar-refractivity contribution is 5.95. The van der Waals surface area contributed by atoms with Gasteiger partial charge in [-0.1, -0.05) is 18.2 Å². The molecule has 2 heterocycles. The number of hydroxylamine groups is 2. The predicted octanol–water partition coefficient (Wildman–Crippen LogP) is 1.18. The van der Waals surface area contributed by atoms with Crippen LogP contribution in [-0.2, 0) is 0 Å². The molecule has 90 valence electrons. The summed E-state index contributed by atoms with van der Waals surface area (Å²) in [6.07, 6.45) is 0. The number of rotatable bonds is 0. The van der Waals surface area contributed by atoms with Crippen LogP contribution in [0.4, 0.5) is 0 Å². The number of hydrogen-bond acceptors (Lipinski definition) is 3. The lowest BCUT2D eigenvalue weighted by molar-refractivity contribution is -0.0655. The van der Waals surface area contributed by atoms with Crippen molar-refractivity contribution >= 4 is 5.91 Å². The van der Waals surface area contributed by atoms with Gasteiger partial charge in [-0.3, -0.25) is 10.0 Å². The van der Waals surface area contributed by atoms with Crippen molar-refractivity contribution in [1.29, 1.82) is 0 Å². The first kappa shape index (κ1) is 10.7. The molecule has 17 heavy (non-hydrogen) atoms. The zero-order valence-electron chi connectivity index (χ0n) is 9.84. The number of amides is 1. The molecule has 0 bridgehead atoms. The van der Waals surface area contributed by atoms with Crippen LogP contribution in [0.2, 0.25) is 0 Å². The molecule has 1 amide bonds. The zero-order chi connectivity index (χ0) is 12.0. The van der Waals surface area contributed by atoms with E-state index in [1.54, 1.807) is 0 Å². The van der Waals surface area contributed by atoms with Crippen LogP contribution >= 0.6 is 0 Å². The van der Waals surface area contributed by atoms with Crippen LogP contribution in [0.25, 0.3) is 0 Å². The second-order valence-electron chi connectivity index (χ2n) is 5.06. The Hall–Kier alpha value is -1.39. The Morgan fingerprint density at radius 2 is 2.00 bits per heavy atom. The number of fused-ring (bicyclic) bond motifs is 3. The number of carbonyl (C=O) groups excluding carboxylic acids is 1. The zero-order valence-corrected chi connectivity index (χ0v) is 9.84. The van der Waals surface area contributed by atoms with Gasteiger partial charge in [0.25, 0.3) is 5.91 Å². The number of benzene rings is 1. The summed E-state index contributed by atoms with van der Waals surface area (Å²) in [7, 11) is 2.08. The van der Waals surface area contributed by atoms with Gasteiger partial charge in [0.2, 0.25) is 0 Å². The molecule has 4 heteroatoms. The summed E-state index contributed by atoms with van der Waals surface area (Å²) in [5.41, 5.74) is 1.74. The van der Waals surface area contributed by atoms with E-state index in [0.717, 1.165) is 23.7 Å². The Balaban J connectivity index is 2.10. The largest absolute Gasteiger partial charge is 0.305 e. The first-order valence-corrected chi connectivity index (χ1v) is 5.95. The molecule has 0 radical (unpaired) electrons. The molecule has 1 fully saturated rings. The molecule has 1 N–H and O–H groups in total. The van der Waals surface area contributed by atoms with E-state index in [4.69, 9.17) is 0 Å². The Morgan fingerprint density at radius 1 is 1.24 bits per heavy atom. The standard InChI is InChI=1S/C13H16N2O2/c1-14-6-9-7-15(17)13(16)11-5-3-2-4-10(11)12(9)8-14/h2-5,9,12,17H,6-8H2,1H3. The molecule has 2 unspecified atom stereocenters. The second-order valence-corrected chi connectivity index (χ2v) is 5.06. The molecule has 1 aromatic carbocycles. The normalized spacial score (nSPS) is 28.8. The highest BCUT2D eigenvalue weighted by Crippen LogP contribution is 2.36. The van der Waals surface area contributed by atoms with Gasteiger partial charge in [-0.15, -0.1) is 0 Å². The fourth-order valence-electron chi connectivity index (χ4n) is 3.08. The van der Waals surface area contributed by atoms with Crippen LogP contribution in [0.5, 0.6) is 0 Å². The molecule has 2 atom stereocenters. The minimum Gasteiger partial charge on any atom is -0.305 e. The lowest BCUT2D eigenvalue weighted by atomic mass is 9.87. The molecule has 2 aliphatic heterocycles. The van der Waals surface area contributed by atoms with Crippen LogP contribution in [0, 0.1) is 5.92 Å². The summed E-state index contributed by atoms with van der Waals surface area (Å²) in [5, 5.41) is 10.7. The van der Waals surface area contributed by atoms with Gasteiger partial charge in [0, 0.05) is 24.6 Å². The molecule has 3 rings (SSSR count). The number of hydrogen-bond donors (Lipinski definition) is 1. The SMILES string of the molecule is CN1CC2CN(O)C(=O)c3ccccc3C2C1. The van der Waals surface area contributed by atoms with Gasteiger partial charge in [-0.25, -0.2) is 5.06 Å². The lowest BCUT2D eigenvalue weighted by Crippen LogP contribution is -2.32. The first-order chi connectivity index (χ1) is 8.16. The van der Waals surface area contributed by atoms with E-state index in [9.17, 15) is 10.0 Å². The Bertz CT molecular complexity index is 460. The lowest BCUT2D eigenvalue weighted by Gasteiger charge is -2.17. The third-order valence-electron chi connectivity index (χ3n) is 3.86. The summed E-state index contributed by atoms with van der Waals surface area (Å²) < 4.78 is 0. The summed E-state index contributed by atoms with van der Waals surface area (Å²) in [5.74, 6) is 0.424. The van der Waals surface area contributed by atoms with Crippen LogP contribution < -0.4 is 0 Å². The molecular weight excluding hydrogens is 216 g/mol. The van der Waals surface area contributed by atoms with Crippen molar-refractivity contribution < 1.29 is 10.0 Å². The molecule has 0 spiro atoms. The third kappa shape index (κ3) is 1.64. The quantitative estimate of drug-likeness (QED) is 0.683. The topological polar surface area (TPSA) is 43.8 Å². The molecular formula is C13H16N2O2. The van der Waals surface area contributed by atoms with Crippen molar-refractivity contribution in [1.82, 2.24) is 9.96 Å². The van der Waals surface area contributed by atoms with Gasteiger partial charge in [-0.2, -0.15) is 0 Å². The second kappa shape index (κ2) is 3.82. The van der Waals surface area contributed by atoms with E-state index in [0.29, 0.717) is 23.9 Å². The highest BCUT2D eigenvalue weighted by atomic mass is 16.5. The molecule has 0 aliphatic carbocycles. The molecule has 0 saturated carbocycles. The first-order valence-electron chi connectivity index (χ1n) is 5.95. The van der Waals surface area contributed by atoms with Gasteiger partial charge in [0.1, 0.15) is 0 Å². The molecule has 1 saturated heterocycles. The van der Waals surface area contributed by atoms with Crippen molar-refractivity contribution in [2.24, 2.45) is 5.92 Å². The van der Waals surface area contributed by atoms with Crippen LogP contribution in [0.15, 0.2) is 24.3 Å². The number of nitrogens with zero attached hydrogens (tertiary/aromatic N) is 2. The van der Waals surface area contributed by atoms with E-state index in [-0.39, 0.29) is 5.91 Å². The Morgan fingerprint density at radius 3 is 2.82 bits per heavy atom. The van der Waals surface area contributed by atoms with E-state index in [2.05, 4.69) is 11.9 Å². The monoisotopic (exact) mass is 232 g/mol. The summed E-state index contributed by atoms with van der Waals surface area (Å²) in [4.78, 5) is 14.3. The fourth-order valence-corrected chi connectivity index (χ4v) is 3.08. The number of carbonyl (C=O) groups is 1. The minimum atomic E-state index is -0.266. The summed E-state index contributed by atoms with van der Waals surface area (Å²) in [6, 6.07) is 7.64. The van der Waals surface area contributed by atoms with Gasteiger partial charge in [0.15, 0.2) is 0 Å². The molecule has 0 aromatic heterocycles. The van der Waals surface area contributed by atoms with Crippen molar-refractivity contribution in [3.05, 3.63) is 35.4 Å². The molecule has 1 aromatic rings. The third-order valence-corrected chi connectivity index (χ3v) is 3.86. The van der Waals surface area contributed by atoms with E-state index in [1.807, 2.05) is 24.3 Å². The molecule has 2 aliphatic rings. The van der Waals surface area contributed by atoms with Gasteiger partial charge >= 0.3 is 0 Å². The van der Waals surface area contributed by atoms with Crippen molar-refractivity contribution in [3.63, 3.8) is 0 Å². The van der Waals surface area contributed by atoms with E-state index < -0.39 is 0 Å². The molecule has 4 nitrogen and oxygen atoms in total. The summed E-state index contributed by atoms with van der Waals surface area (Å²) >= 11 is 0. The average molecular weight is 232 g/mol. The Labute approximate surface area is 100 Å². The van der Waals surface area contributed by atoms with Gasteiger partial charge in [0.05, 0.1) is 6.54 Å². The Kier molecular flexibility index (Phi) is 2.42. The average Bonchev–Trinajstić information content (AvgIpc) is 2.65. The van der Waals surface area contributed by atoms with Crippen LogP contribution in [0.3, 0.4) is 0 Å². The number of likely N-dealkylation sites (N-methyl/N-ethyl adjacent to an activating group) is 1. The maximum Gasteiger partial charge on any atom is 0.277 e. The fraction of sp³-hybridized carbons (Fsp3) is 0.462. The van der Waals surface area contributed by atoms with Crippen molar-refractivity contribution in [2.45, 2.75) is 5.92 Å². The van der Waals surface area contributed by atoms with Crippen LogP contribution in [0.1, 0.15) is 21.8 Å². The smallest absolute Gasteiger partial charge is 0.277 e. The van der Waals surface area contributed by atoms with Crippen molar-refractivity contribution in [2.75, 3.05) is 26.7 Å². The maximum absolute atomic E-state index is 12.0. The highest BCUT2D eigenvalue weighted by Gasteiger charge is 2.39. The maximum atomic E-state index is 12.0. The number of likely N-dealkylation sites (tertiary alicyclic amines) is 1. The van der Waals surface area contributed by atoms with Crippen LogP contribution in [-0.4, -0.2) is 47.8 Å².